The van der Waals surface area contributed by atoms with Crippen molar-refractivity contribution < 1.29 is 14.6 Å². The molecule has 2 rings (SSSR count). The van der Waals surface area contributed by atoms with Crippen LogP contribution in [0.1, 0.15) is 28.8 Å². The third-order valence-electron chi connectivity index (χ3n) is 3.59. The average Bonchev–Trinajstić information content (AvgIpc) is 2.38. The molecule has 0 unspecified atom stereocenters. The first-order chi connectivity index (χ1) is 8.59. The Morgan fingerprint density at radius 2 is 2.06 bits per heavy atom. The highest BCUT2D eigenvalue weighted by Gasteiger charge is 2.19. The first-order valence-corrected chi connectivity index (χ1v) is 6.24. The van der Waals surface area contributed by atoms with E-state index in [-0.39, 0.29) is 0 Å². The topological polar surface area (TPSA) is 49.8 Å². The van der Waals surface area contributed by atoms with E-state index in [2.05, 4.69) is 11.9 Å². The van der Waals surface area contributed by atoms with E-state index in [1.807, 2.05) is 19.1 Å². The highest BCUT2D eigenvalue weighted by atomic mass is 16.5. The predicted molar refractivity (Wildman–Crippen MR) is 70.4 cm³/mol. The summed E-state index contributed by atoms with van der Waals surface area (Å²) in [4.78, 5) is 13.2. The largest absolute Gasteiger partial charge is 0.478 e. The fourth-order valence-electron chi connectivity index (χ4n) is 2.39. The number of carboxylic acids is 1. The van der Waals surface area contributed by atoms with Crippen molar-refractivity contribution in [2.24, 2.45) is 0 Å². The van der Waals surface area contributed by atoms with E-state index in [1.165, 1.54) is 0 Å². The number of aryl methyl sites for hydroxylation is 1. The summed E-state index contributed by atoms with van der Waals surface area (Å²) in [6.07, 6.45) is 2.05. The zero-order valence-electron chi connectivity index (χ0n) is 10.8. The summed E-state index contributed by atoms with van der Waals surface area (Å²) in [6.45, 7) is 3.45. The van der Waals surface area contributed by atoms with Crippen molar-refractivity contribution in [3.63, 3.8) is 0 Å². The maximum absolute atomic E-state index is 11.0. The van der Waals surface area contributed by atoms with Crippen LogP contribution in [-0.2, 0) is 4.74 Å². The Morgan fingerprint density at radius 3 is 2.61 bits per heavy atom. The number of hydrogen-bond donors (Lipinski definition) is 1. The summed E-state index contributed by atoms with van der Waals surface area (Å²) in [5.74, 6) is -0.868. The first kappa shape index (κ1) is 12.9. The molecule has 4 nitrogen and oxygen atoms in total. The Balaban J connectivity index is 2.17. The second-order valence-corrected chi connectivity index (χ2v) is 4.76. The van der Waals surface area contributed by atoms with Gasteiger partial charge in [-0.05, 0) is 43.5 Å². The van der Waals surface area contributed by atoms with Gasteiger partial charge in [-0.2, -0.15) is 0 Å². The minimum atomic E-state index is -0.868. The highest BCUT2D eigenvalue weighted by Crippen LogP contribution is 2.23. The summed E-state index contributed by atoms with van der Waals surface area (Å²) in [5.41, 5.74) is 2.25. The van der Waals surface area contributed by atoms with Gasteiger partial charge in [-0.25, -0.2) is 4.79 Å². The first-order valence-electron chi connectivity index (χ1n) is 6.24. The Bertz CT molecular complexity index is 439. The van der Waals surface area contributed by atoms with E-state index in [4.69, 9.17) is 9.84 Å². The van der Waals surface area contributed by atoms with Crippen LogP contribution in [0.3, 0.4) is 0 Å². The summed E-state index contributed by atoms with van der Waals surface area (Å²) in [5, 5.41) is 9.01. The fourth-order valence-corrected chi connectivity index (χ4v) is 2.39. The van der Waals surface area contributed by atoms with Gasteiger partial charge in [0, 0.05) is 32.0 Å². The number of benzene rings is 1. The van der Waals surface area contributed by atoms with Gasteiger partial charge in [-0.3, -0.25) is 0 Å². The van der Waals surface area contributed by atoms with E-state index in [1.54, 1.807) is 6.07 Å². The molecule has 1 aliphatic heterocycles. The number of carboxylic acid groups (broad SMARTS) is 1. The molecule has 0 radical (unpaired) electrons. The molecule has 1 aliphatic rings. The Labute approximate surface area is 107 Å². The smallest absolute Gasteiger partial charge is 0.335 e. The van der Waals surface area contributed by atoms with Crippen LogP contribution in [0.4, 0.5) is 5.69 Å². The lowest BCUT2D eigenvalue weighted by Gasteiger charge is -2.33. The summed E-state index contributed by atoms with van der Waals surface area (Å²) >= 11 is 0. The lowest BCUT2D eigenvalue weighted by Crippen LogP contribution is -2.36. The molecule has 0 atom stereocenters. The highest BCUT2D eigenvalue weighted by molar-refractivity contribution is 5.89. The second-order valence-electron chi connectivity index (χ2n) is 4.76. The third kappa shape index (κ3) is 2.64. The molecule has 0 aliphatic carbocycles. The molecule has 0 bridgehead atoms. The molecule has 1 aromatic rings. The second kappa shape index (κ2) is 5.40. The lowest BCUT2D eigenvalue weighted by atomic mass is 10.0. The molecule has 1 heterocycles. The van der Waals surface area contributed by atoms with E-state index >= 15 is 0 Å². The van der Waals surface area contributed by atoms with Gasteiger partial charge in [0.05, 0.1) is 5.56 Å². The van der Waals surface area contributed by atoms with Crippen molar-refractivity contribution in [3.05, 3.63) is 29.3 Å². The van der Waals surface area contributed by atoms with Crippen molar-refractivity contribution in [1.29, 1.82) is 0 Å². The molecule has 18 heavy (non-hydrogen) atoms. The number of aromatic carboxylic acids is 1. The maximum Gasteiger partial charge on any atom is 0.335 e. The van der Waals surface area contributed by atoms with Gasteiger partial charge in [-0.1, -0.05) is 0 Å². The van der Waals surface area contributed by atoms with E-state index in [0.717, 1.165) is 37.3 Å². The van der Waals surface area contributed by atoms with Gasteiger partial charge in [0.25, 0.3) is 0 Å². The minimum Gasteiger partial charge on any atom is -0.478 e. The molecule has 0 saturated carbocycles. The number of rotatable bonds is 3. The molecular weight excluding hydrogens is 230 g/mol. The van der Waals surface area contributed by atoms with Crippen molar-refractivity contribution in [3.8, 4) is 0 Å². The van der Waals surface area contributed by atoms with Gasteiger partial charge in [-0.15, -0.1) is 0 Å². The van der Waals surface area contributed by atoms with Crippen LogP contribution >= 0.6 is 0 Å². The monoisotopic (exact) mass is 249 g/mol. The van der Waals surface area contributed by atoms with Gasteiger partial charge in [0.2, 0.25) is 0 Å². The Kier molecular flexibility index (Phi) is 3.87. The van der Waals surface area contributed by atoms with Crippen LogP contribution in [0, 0.1) is 6.92 Å². The minimum absolute atomic E-state index is 0.374. The van der Waals surface area contributed by atoms with Crippen molar-refractivity contribution in [2.75, 3.05) is 25.2 Å². The molecule has 1 fully saturated rings. The zero-order chi connectivity index (χ0) is 13.1. The normalized spacial score (nSPS) is 16.6. The molecule has 0 spiro atoms. The van der Waals surface area contributed by atoms with Gasteiger partial charge in [0.1, 0.15) is 0 Å². The van der Waals surface area contributed by atoms with E-state index in [0.29, 0.717) is 11.6 Å². The van der Waals surface area contributed by atoms with Crippen LogP contribution in [-0.4, -0.2) is 37.4 Å². The summed E-state index contributed by atoms with van der Waals surface area (Å²) < 4.78 is 5.36. The number of ether oxygens (including phenoxy) is 1. The molecule has 1 saturated heterocycles. The standard InChI is InChI=1S/C14H19NO3/c1-10-9-12(3-4-13(10)14(16)17)15(2)11-5-7-18-8-6-11/h3-4,9,11H,5-8H2,1-2H3,(H,16,17). The van der Waals surface area contributed by atoms with Crippen LogP contribution in [0.2, 0.25) is 0 Å². The molecule has 1 N–H and O–H groups in total. The van der Waals surface area contributed by atoms with Crippen LogP contribution in [0.5, 0.6) is 0 Å². The summed E-state index contributed by atoms with van der Waals surface area (Å²) in [7, 11) is 2.06. The molecular formula is C14H19NO3. The maximum atomic E-state index is 11.0. The number of anilines is 1. The predicted octanol–water partition coefficient (Wildman–Crippen LogP) is 2.31. The Morgan fingerprint density at radius 1 is 1.39 bits per heavy atom. The zero-order valence-corrected chi connectivity index (χ0v) is 10.8. The molecule has 0 aromatic heterocycles. The molecule has 0 amide bonds. The van der Waals surface area contributed by atoms with Crippen molar-refractivity contribution in [2.45, 2.75) is 25.8 Å². The lowest BCUT2D eigenvalue weighted by molar-refractivity contribution is 0.0696. The van der Waals surface area contributed by atoms with E-state index < -0.39 is 5.97 Å². The van der Waals surface area contributed by atoms with Crippen LogP contribution in [0.25, 0.3) is 0 Å². The van der Waals surface area contributed by atoms with Gasteiger partial charge >= 0.3 is 5.97 Å². The molecule has 1 aromatic carbocycles. The Hall–Kier alpha value is -1.55. The quantitative estimate of drug-likeness (QED) is 0.893. The SMILES string of the molecule is Cc1cc(N(C)C2CCOCC2)ccc1C(=O)O. The van der Waals surface area contributed by atoms with Crippen LogP contribution in [0.15, 0.2) is 18.2 Å². The van der Waals surface area contributed by atoms with Gasteiger partial charge < -0.3 is 14.7 Å². The fraction of sp³-hybridized carbons (Fsp3) is 0.500. The third-order valence-corrected chi connectivity index (χ3v) is 3.59. The average molecular weight is 249 g/mol. The number of nitrogens with zero attached hydrogens (tertiary/aromatic N) is 1. The molecule has 98 valence electrons. The van der Waals surface area contributed by atoms with Gasteiger partial charge in [0.15, 0.2) is 0 Å². The van der Waals surface area contributed by atoms with Crippen LogP contribution < -0.4 is 4.90 Å². The van der Waals surface area contributed by atoms with Crippen molar-refractivity contribution >= 4 is 11.7 Å². The molecule has 4 heteroatoms. The number of carbonyl (C=O) groups is 1. The van der Waals surface area contributed by atoms with E-state index in [9.17, 15) is 4.79 Å². The summed E-state index contributed by atoms with van der Waals surface area (Å²) in [6, 6.07) is 5.99. The van der Waals surface area contributed by atoms with Crippen molar-refractivity contribution in [1.82, 2.24) is 0 Å². The number of hydrogen-bond acceptors (Lipinski definition) is 3.